The molecule has 0 radical (unpaired) electrons. The first-order valence-corrected chi connectivity index (χ1v) is 7.75. The van der Waals surface area contributed by atoms with E-state index in [1.807, 2.05) is 48.7 Å². The number of aromatic nitrogens is 2. The number of hydrogen-bond acceptors (Lipinski definition) is 3. The van der Waals surface area contributed by atoms with Crippen molar-refractivity contribution in [1.82, 2.24) is 9.97 Å². The van der Waals surface area contributed by atoms with Gasteiger partial charge in [-0.1, -0.05) is 30.0 Å². The standard InChI is InChI=1S/C14H11BrN2OS/c1-19-14-16-10-6-4-8-12(13(10)17-14)18-11-7-3-2-5-9(11)15/h2-8H,1H3,(H,16,17). The summed E-state index contributed by atoms with van der Waals surface area (Å²) in [5.74, 6) is 1.53. The van der Waals surface area contributed by atoms with Crippen LogP contribution in [0.1, 0.15) is 0 Å². The van der Waals surface area contributed by atoms with Crippen LogP contribution in [0.3, 0.4) is 0 Å². The number of halogens is 1. The molecule has 5 heteroatoms. The van der Waals surface area contributed by atoms with Gasteiger partial charge in [0.15, 0.2) is 10.9 Å². The fourth-order valence-corrected chi connectivity index (χ4v) is 2.57. The Kier molecular flexibility index (Phi) is 3.48. The zero-order valence-corrected chi connectivity index (χ0v) is 12.6. The summed E-state index contributed by atoms with van der Waals surface area (Å²) in [5.41, 5.74) is 1.83. The van der Waals surface area contributed by atoms with Gasteiger partial charge in [0, 0.05) is 0 Å². The first kappa shape index (κ1) is 12.6. The number of ether oxygens (including phenoxy) is 1. The summed E-state index contributed by atoms with van der Waals surface area (Å²) in [6.45, 7) is 0. The molecule has 0 spiro atoms. The molecular formula is C14H11BrN2OS. The lowest BCUT2D eigenvalue weighted by atomic mass is 10.3. The van der Waals surface area contributed by atoms with Gasteiger partial charge in [-0.3, -0.25) is 0 Å². The molecule has 0 bridgehead atoms. The number of nitrogens with one attached hydrogen (secondary N) is 1. The van der Waals surface area contributed by atoms with E-state index in [1.54, 1.807) is 11.8 Å². The van der Waals surface area contributed by atoms with Crippen LogP contribution in [0.4, 0.5) is 0 Å². The second-order valence-corrected chi connectivity index (χ2v) is 5.58. The van der Waals surface area contributed by atoms with Crippen LogP contribution in [0.15, 0.2) is 52.1 Å². The Labute approximate surface area is 123 Å². The molecule has 0 saturated carbocycles. The molecule has 0 aliphatic rings. The molecule has 1 N–H and O–H groups in total. The van der Waals surface area contributed by atoms with Gasteiger partial charge >= 0.3 is 0 Å². The number of rotatable bonds is 3. The van der Waals surface area contributed by atoms with E-state index in [1.165, 1.54) is 0 Å². The van der Waals surface area contributed by atoms with Crippen LogP contribution in [-0.2, 0) is 0 Å². The third-order valence-electron chi connectivity index (χ3n) is 2.70. The van der Waals surface area contributed by atoms with Crippen LogP contribution in [-0.4, -0.2) is 16.2 Å². The Morgan fingerprint density at radius 3 is 2.68 bits per heavy atom. The van der Waals surface area contributed by atoms with E-state index >= 15 is 0 Å². The molecule has 0 amide bonds. The minimum Gasteiger partial charge on any atom is -0.454 e. The molecule has 0 aliphatic heterocycles. The highest BCUT2D eigenvalue weighted by atomic mass is 79.9. The number of hydrogen-bond donors (Lipinski definition) is 1. The molecule has 0 atom stereocenters. The number of nitrogens with zero attached hydrogens (tertiary/aromatic N) is 1. The average molecular weight is 335 g/mol. The molecule has 3 nitrogen and oxygen atoms in total. The molecule has 1 aromatic heterocycles. The van der Waals surface area contributed by atoms with Crippen molar-refractivity contribution in [2.24, 2.45) is 0 Å². The normalized spacial score (nSPS) is 10.8. The second kappa shape index (κ2) is 5.27. The highest BCUT2D eigenvalue weighted by molar-refractivity contribution is 9.10. The summed E-state index contributed by atoms with van der Waals surface area (Å²) in [4.78, 5) is 7.77. The minimum absolute atomic E-state index is 0.751. The van der Waals surface area contributed by atoms with Gasteiger partial charge in [0.1, 0.15) is 11.3 Å². The summed E-state index contributed by atoms with van der Waals surface area (Å²) < 4.78 is 6.87. The van der Waals surface area contributed by atoms with Gasteiger partial charge < -0.3 is 9.72 Å². The van der Waals surface area contributed by atoms with Crippen molar-refractivity contribution in [3.05, 3.63) is 46.9 Å². The van der Waals surface area contributed by atoms with E-state index in [-0.39, 0.29) is 0 Å². The molecule has 0 aliphatic carbocycles. The molecule has 0 saturated heterocycles. The maximum atomic E-state index is 5.94. The third kappa shape index (κ3) is 2.48. The van der Waals surface area contributed by atoms with Crippen molar-refractivity contribution < 1.29 is 4.74 Å². The van der Waals surface area contributed by atoms with Gasteiger partial charge in [0.05, 0.1) is 9.99 Å². The summed E-state index contributed by atoms with van der Waals surface area (Å²) in [7, 11) is 0. The number of aromatic amines is 1. The Hall–Kier alpha value is -1.46. The summed E-state index contributed by atoms with van der Waals surface area (Å²) in [6, 6.07) is 13.6. The molecule has 0 unspecified atom stereocenters. The van der Waals surface area contributed by atoms with Crippen LogP contribution in [0.2, 0.25) is 0 Å². The first-order valence-electron chi connectivity index (χ1n) is 5.73. The van der Waals surface area contributed by atoms with Crippen LogP contribution in [0.25, 0.3) is 11.0 Å². The number of para-hydroxylation sites is 2. The topological polar surface area (TPSA) is 37.9 Å². The highest BCUT2D eigenvalue weighted by Crippen LogP contribution is 2.33. The maximum absolute atomic E-state index is 5.94. The van der Waals surface area contributed by atoms with Crippen molar-refractivity contribution >= 4 is 38.7 Å². The van der Waals surface area contributed by atoms with Crippen molar-refractivity contribution in [3.63, 3.8) is 0 Å². The largest absolute Gasteiger partial charge is 0.454 e. The van der Waals surface area contributed by atoms with E-state index in [4.69, 9.17) is 4.74 Å². The quantitative estimate of drug-likeness (QED) is 0.696. The maximum Gasteiger partial charge on any atom is 0.166 e. The molecule has 96 valence electrons. The molecule has 3 rings (SSSR count). The van der Waals surface area contributed by atoms with Crippen molar-refractivity contribution in [3.8, 4) is 11.5 Å². The SMILES string of the molecule is CSc1nc2c(Oc3ccccc3Br)cccc2[nH]1. The summed E-state index contributed by atoms with van der Waals surface area (Å²) >= 11 is 5.06. The summed E-state index contributed by atoms with van der Waals surface area (Å²) in [5, 5.41) is 0.887. The van der Waals surface area contributed by atoms with E-state index < -0.39 is 0 Å². The Bertz CT molecular complexity index is 726. The molecule has 0 fully saturated rings. The number of thioether (sulfide) groups is 1. The fourth-order valence-electron chi connectivity index (χ4n) is 1.81. The second-order valence-electron chi connectivity index (χ2n) is 3.93. The highest BCUT2D eigenvalue weighted by Gasteiger charge is 2.09. The third-order valence-corrected chi connectivity index (χ3v) is 3.94. The zero-order valence-electron chi connectivity index (χ0n) is 10.2. The van der Waals surface area contributed by atoms with E-state index in [0.717, 1.165) is 32.2 Å². The van der Waals surface area contributed by atoms with E-state index in [0.29, 0.717) is 0 Å². The summed E-state index contributed by atoms with van der Waals surface area (Å²) in [6.07, 6.45) is 1.99. The predicted octanol–water partition coefficient (Wildman–Crippen LogP) is 4.84. The van der Waals surface area contributed by atoms with Gasteiger partial charge in [-0.05, 0) is 46.5 Å². The van der Waals surface area contributed by atoms with Gasteiger partial charge in [0.2, 0.25) is 0 Å². The van der Waals surface area contributed by atoms with Gasteiger partial charge in [-0.15, -0.1) is 0 Å². The zero-order chi connectivity index (χ0) is 13.2. The monoisotopic (exact) mass is 334 g/mol. The van der Waals surface area contributed by atoms with Crippen molar-refractivity contribution in [2.75, 3.05) is 6.26 Å². The number of H-pyrrole nitrogens is 1. The lowest BCUT2D eigenvalue weighted by Crippen LogP contribution is -1.86. The fraction of sp³-hybridized carbons (Fsp3) is 0.0714. The van der Waals surface area contributed by atoms with Gasteiger partial charge in [0.25, 0.3) is 0 Å². The van der Waals surface area contributed by atoms with E-state index in [9.17, 15) is 0 Å². The lowest BCUT2D eigenvalue weighted by molar-refractivity contribution is 0.484. The smallest absolute Gasteiger partial charge is 0.166 e. The molecule has 2 aromatic carbocycles. The van der Waals surface area contributed by atoms with Gasteiger partial charge in [-0.2, -0.15) is 0 Å². The Morgan fingerprint density at radius 2 is 1.89 bits per heavy atom. The van der Waals surface area contributed by atoms with Gasteiger partial charge in [-0.25, -0.2) is 4.98 Å². The van der Waals surface area contributed by atoms with Crippen molar-refractivity contribution in [2.45, 2.75) is 5.16 Å². The number of imidazole rings is 1. The first-order chi connectivity index (χ1) is 9.28. The molecule has 19 heavy (non-hydrogen) atoms. The predicted molar refractivity (Wildman–Crippen MR) is 82.1 cm³/mol. The van der Waals surface area contributed by atoms with Crippen molar-refractivity contribution in [1.29, 1.82) is 0 Å². The number of benzene rings is 2. The number of fused-ring (bicyclic) bond motifs is 1. The van der Waals surface area contributed by atoms with E-state index in [2.05, 4.69) is 25.9 Å². The Balaban J connectivity index is 2.05. The molecular weight excluding hydrogens is 324 g/mol. The van der Waals surface area contributed by atoms with Crippen LogP contribution >= 0.6 is 27.7 Å². The molecule has 1 heterocycles. The lowest BCUT2D eigenvalue weighted by Gasteiger charge is -2.07. The molecule has 3 aromatic rings. The average Bonchev–Trinajstić information content (AvgIpc) is 2.85. The Morgan fingerprint density at radius 1 is 1.11 bits per heavy atom. The van der Waals surface area contributed by atoms with Crippen LogP contribution in [0.5, 0.6) is 11.5 Å². The minimum atomic E-state index is 0.751. The van der Waals surface area contributed by atoms with Crippen LogP contribution < -0.4 is 4.74 Å². The van der Waals surface area contributed by atoms with Crippen LogP contribution in [0, 0.1) is 0 Å².